The van der Waals surface area contributed by atoms with Gasteiger partial charge in [0.15, 0.2) is 12.2 Å². The van der Waals surface area contributed by atoms with E-state index in [9.17, 15) is 43.2 Å². The maximum Gasteiger partial charge on any atom is 0.472 e. The molecule has 0 saturated heterocycles. The number of phosphoric ester groups is 2. The Morgan fingerprint density at radius 1 is 0.295 bits per heavy atom. The van der Waals surface area contributed by atoms with Crippen LogP contribution >= 0.6 is 15.6 Å². The van der Waals surface area contributed by atoms with Crippen molar-refractivity contribution >= 4 is 39.5 Å². The molecule has 3 N–H and O–H groups in total. The molecule has 6 atom stereocenters. The minimum Gasteiger partial charge on any atom is -0.462 e. The average molecular weight is 1400 g/mol. The van der Waals surface area contributed by atoms with E-state index in [0.717, 1.165) is 95.8 Å². The van der Waals surface area contributed by atoms with Crippen LogP contribution in [0.25, 0.3) is 0 Å². The predicted octanol–water partition coefficient (Wildman–Crippen LogP) is 22.5. The Morgan fingerprint density at radius 3 is 0.747 bits per heavy atom. The van der Waals surface area contributed by atoms with E-state index in [1.54, 1.807) is 0 Å². The van der Waals surface area contributed by atoms with E-state index in [1.165, 1.54) is 225 Å². The van der Waals surface area contributed by atoms with Gasteiger partial charge in [0, 0.05) is 25.7 Å². The average Bonchev–Trinajstić information content (AvgIpc) is 1.56. The number of aliphatic hydroxyl groups excluding tert-OH is 1. The summed E-state index contributed by atoms with van der Waals surface area (Å²) in [4.78, 5) is 72.8. The third-order valence-corrected chi connectivity index (χ3v) is 20.0. The number of phosphoric acid groups is 2. The number of rotatable bonds is 76. The van der Waals surface area contributed by atoms with Crippen LogP contribution in [0, 0.1) is 5.92 Å². The van der Waals surface area contributed by atoms with Crippen molar-refractivity contribution in [3.8, 4) is 0 Å². The van der Waals surface area contributed by atoms with Gasteiger partial charge in [-0.15, -0.1) is 0 Å². The highest BCUT2D eigenvalue weighted by Gasteiger charge is 2.30. The molecule has 564 valence electrons. The third-order valence-electron chi connectivity index (χ3n) is 18.1. The molecule has 17 nitrogen and oxygen atoms in total. The molecule has 0 aliphatic heterocycles. The minimum absolute atomic E-state index is 0.108. The van der Waals surface area contributed by atoms with Gasteiger partial charge in [-0.05, 0) is 31.6 Å². The molecule has 0 aromatic heterocycles. The lowest BCUT2D eigenvalue weighted by atomic mass is 9.99. The van der Waals surface area contributed by atoms with Crippen LogP contribution in [-0.4, -0.2) is 96.7 Å². The van der Waals surface area contributed by atoms with Crippen molar-refractivity contribution in [1.29, 1.82) is 0 Å². The van der Waals surface area contributed by atoms with E-state index in [-0.39, 0.29) is 25.7 Å². The standard InChI is InChI=1S/C76H148O17P2/c1-6-10-13-16-19-22-25-27-28-32-36-40-45-50-55-60-74(79)87-66-72(93-76(81)62-57-52-47-42-37-33-30-29-31-34-38-43-48-53-58-69(5)9-4)68-91-95(84,85)89-64-70(77)63-88-94(82,83)90-67-71(65-86-73(78)59-54-49-44-39-24-21-18-15-12-8-3)92-75(80)61-56-51-46-41-35-26-23-20-17-14-11-7-2/h69-72,77H,6-68H2,1-5H3,(H,82,83)(H,84,85)/t69?,70-,71+,72+/m0/s1. The second kappa shape index (κ2) is 69.2. The summed E-state index contributed by atoms with van der Waals surface area (Å²) < 4.78 is 68.5. The number of ether oxygens (including phenoxy) is 4. The van der Waals surface area contributed by atoms with Crippen molar-refractivity contribution in [2.75, 3.05) is 39.6 Å². The fourth-order valence-corrected chi connectivity index (χ4v) is 13.3. The first-order chi connectivity index (χ1) is 46.1. The van der Waals surface area contributed by atoms with E-state index in [4.69, 9.17) is 37.0 Å². The van der Waals surface area contributed by atoms with Gasteiger partial charge in [-0.3, -0.25) is 37.3 Å². The Labute approximate surface area is 581 Å². The van der Waals surface area contributed by atoms with Crippen molar-refractivity contribution in [2.24, 2.45) is 5.92 Å². The maximum absolute atomic E-state index is 13.1. The molecule has 19 heteroatoms. The van der Waals surface area contributed by atoms with Crippen LogP contribution < -0.4 is 0 Å². The zero-order chi connectivity index (χ0) is 69.8. The summed E-state index contributed by atoms with van der Waals surface area (Å²) in [7, 11) is -9.91. The maximum atomic E-state index is 13.1. The molecule has 3 unspecified atom stereocenters. The lowest BCUT2D eigenvalue weighted by molar-refractivity contribution is -0.161. The van der Waals surface area contributed by atoms with Crippen molar-refractivity contribution in [3.05, 3.63) is 0 Å². The molecule has 95 heavy (non-hydrogen) atoms. The molecule has 0 heterocycles. The summed E-state index contributed by atoms with van der Waals surface area (Å²) >= 11 is 0. The van der Waals surface area contributed by atoms with Gasteiger partial charge in [-0.2, -0.15) is 0 Å². The van der Waals surface area contributed by atoms with Gasteiger partial charge in [0.2, 0.25) is 0 Å². The zero-order valence-electron chi connectivity index (χ0n) is 61.8. The summed E-state index contributed by atoms with van der Waals surface area (Å²) in [6, 6.07) is 0. The van der Waals surface area contributed by atoms with Crippen LogP contribution in [0.1, 0.15) is 401 Å². The van der Waals surface area contributed by atoms with Crippen LogP contribution in [0.15, 0.2) is 0 Å². The SMILES string of the molecule is CCCCCCCCCCCCCCCCCC(=O)OC[C@H](COP(=O)(O)OC[C@@H](O)COP(=O)(O)OC[C@@H](COC(=O)CCCCCCCCCCCC)OC(=O)CCCCCCCCCCCCCC)OC(=O)CCCCCCCCCCCCCCCCC(C)CC. The van der Waals surface area contributed by atoms with E-state index < -0.39 is 97.5 Å². The van der Waals surface area contributed by atoms with Crippen LogP contribution in [0.4, 0.5) is 0 Å². The fourth-order valence-electron chi connectivity index (χ4n) is 11.7. The molecular weight excluding hydrogens is 1250 g/mol. The molecule has 0 fully saturated rings. The summed E-state index contributed by atoms with van der Waals surface area (Å²) in [5.41, 5.74) is 0. The Balaban J connectivity index is 5.24. The van der Waals surface area contributed by atoms with Crippen LogP contribution in [-0.2, 0) is 65.4 Å². The van der Waals surface area contributed by atoms with Gasteiger partial charge in [0.1, 0.15) is 19.3 Å². The van der Waals surface area contributed by atoms with E-state index in [2.05, 4.69) is 34.6 Å². The van der Waals surface area contributed by atoms with E-state index >= 15 is 0 Å². The first-order valence-corrected chi connectivity index (χ1v) is 42.7. The number of esters is 4. The Hall–Kier alpha value is -1.94. The predicted molar refractivity (Wildman–Crippen MR) is 386 cm³/mol. The monoisotopic (exact) mass is 1400 g/mol. The quantitative estimate of drug-likeness (QED) is 0.0222. The molecule has 0 rings (SSSR count). The number of carbonyl (C=O) groups is 4. The molecule has 0 radical (unpaired) electrons. The van der Waals surface area contributed by atoms with Crippen molar-refractivity contribution in [2.45, 2.75) is 419 Å². The molecule has 0 bridgehead atoms. The topological polar surface area (TPSA) is 237 Å². The highest BCUT2D eigenvalue weighted by Crippen LogP contribution is 2.45. The lowest BCUT2D eigenvalue weighted by Gasteiger charge is -2.21. The summed E-state index contributed by atoms with van der Waals surface area (Å²) in [6.07, 6.45) is 58.0. The summed E-state index contributed by atoms with van der Waals surface area (Å²) in [5.74, 6) is -1.27. The number of aliphatic hydroxyl groups is 1. The molecule has 0 amide bonds. The van der Waals surface area contributed by atoms with Gasteiger partial charge < -0.3 is 33.8 Å². The van der Waals surface area contributed by atoms with Crippen molar-refractivity contribution < 1.29 is 80.2 Å². The van der Waals surface area contributed by atoms with Gasteiger partial charge in [-0.25, -0.2) is 9.13 Å². The van der Waals surface area contributed by atoms with Crippen molar-refractivity contribution in [1.82, 2.24) is 0 Å². The van der Waals surface area contributed by atoms with Gasteiger partial charge in [0.05, 0.1) is 26.4 Å². The first kappa shape index (κ1) is 93.1. The Bertz CT molecular complexity index is 1820. The number of unbranched alkanes of at least 4 members (excludes halogenated alkanes) is 47. The minimum atomic E-state index is -4.96. The van der Waals surface area contributed by atoms with Crippen molar-refractivity contribution in [3.63, 3.8) is 0 Å². The number of hydrogen-bond donors (Lipinski definition) is 3. The van der Waals surface area contributed by atoms with Crippen LogP contribution in [0.5, 0.6) is 0 Å². The van der Waals surface area contributed by atoms with E-state index in [1.807, 2.05) is 0 Å². The number of carbonyl (C=O) groups excluding carboxylic acids is 4. The fraction of sp³-hybridized carbons (Fsp3) is 0.947. The van der Waals surface area contributed by atoms with E-state index in [0.29, 0.717) is 25.7 Å². The molecular formula is C76H148O17P2. The smallest absolute Gasteiger partial charge is 0.462 e. The molecule has 0 saturated carbocycles. The van der Waals surface area contributed by atoms with Crippen LogP contribution in [0.3, 0.4) is 0 Å². The Kier molecular flexibility index (Phi) is 67.7. The lowest BCUT2D eigenvalue weighted by Crippen LogP contribution is -2.30. The highest BCUT2D eigenvalue weighted by atomic mass is 31.2. The van der Waals surface area contributed by atoms with Gasteiger partial charge >= 0.3 is 39.5 Å². The second-order valence-corrected chi connectivity index (χ2v) is 30.5. The van der Waals surface area contributed by atoms with Gasteiger partial charge in [0.25, 0.3) is 0 Å². The largest absolute Gasteiger partial charge is 0.472 e. The van der Waals surface area contributed by atoms with Crippen LogP contribution in [0.2, 0.25) is 0 Å². The molecule has 0 aliphatic carbocycles. The second-order valence-electron chi connectivity index (χ2n) is 27.6. The molecule has 0 aromatic rings. The Morgan fingerprint density at radius 2 is 0.505 bits per heavy atom. The molecule has 0 spiro atoms. The molecule has 0 aliphatic rings. The zero-order valence-corrected chi connectivity index (χ0v) is 63.6. The highest BCUT2D eigenvalue weighted by molar-refractivity contribution is 7.47. The van der Waals surface area contributed by atoms with Gasteiger partial charge in [-0.1, -0.05) is 349 Å². The summed E-state index contributed by atoms with van der Waals surface area (Å²) in [5, 5.41) is 10.6. The third kappa shape index (κ3) is 69.0. The summed E-state index contributed by atoms with van der Waals surface area (Å²) in [6.45, 7) is 7.34. The normalized spacial score (nSPS) is 14.2. The number of hydrogen-bond acceptors (Lipinski definition) is 15. The molecule has 0 aromatic carbocycles. The first-order valence-electron chi connectivity index (χ1n) is 39.7.